The molecule has 3 N–H and O–H groups in total. The molecule has 5 atom stereocenters. The number of benzene rings is 2. The highest BCUT2D eigenvalue weighted by Crippen LogP contribution is 2.48. The Hall–Kier alpha value is -3.77. The lowest BCUT2D eigenvalue weighted by Gasteiger charge is -2.25. The lowest BCUT2D eigenvalue weighted by molar-refractivity contribution is -0.145. The Labute approximate surface area is 256 Å². The van der Waals surface area contributed by atoms with E-state index < -0.39 is 32.1 Å². The van der Waals surface area contributed by atoms with Crippen molar-refractivity contribution < 1.29 is 32.6 Å². The van der Waals surface area contributed by atoms with Crippen LogP contribution in [0.1, 0.15) is 52.1 Å². The molecule has 2 aromatic carbocycles. The zero-order valence-corrected chi connectivity index (χ0v) is 26.5. The molecule has 1 aliphatic rings. The maximum Gasteiger partial charge on any atom is 0.459 e. The second-order valence-corrected chi connectivity index (χ2v) is 12.6. The fourth-order valence-corrected chi connectivity index (χ4v) is 6.81. The molecule has 3 heterocycles. The summed E-state index contributed by atoms with van der Waals surface area (Å²) in [7, 11) is -2.62. The van der Waals surface area contributed by atoms with Gasteiger partial charge in [-0.1, -0.05) is 56.7 Å². The van der Waals surface area contributed by atoms with Gasteiger partial charge in [-0.05, 0) is 38.1 Å². The molecule has 1 aliphatic heterocycles. The first kappa shape index (κ1) is 31.6. The molecule has 5 unspecified atom stereocenters. The van der Waals surface area contributed by atoms with Crippen LogP contribution in [0.25, 0.3) is 21.9 Å². The number of fused-ring (bicyclic) bond motifs is 2. The molecule has 4 aromatic rings. The van der Waals surface area contributed by atoms with E-state index in [1.165, 1.54) is 7.11 Å². The summed E-state index contributed by atoms with van der Waals surface area (Å²) in [4.78, 5) is 25.8. The Bertz CT molecular complexity index is 1680. The van der Waals surface area contributed by atoms with Gasteiger partial charge < -0.3 is 24.5 Å². The van der Waals surface area contributed by atoms with Crippen molar-refractivity contribution >= 4 is 41.6 Å². The number of hydrogen-bond acceptors (Lipinski definition) is 11. The zero-order chi connectivity index (χ0) is 31.4. The molecule has 14 heteroatoms. The maximum absolute atomic E-state index is 14.3. The summed E-state index contributed by atoms with van der Waals surface area (Å²) in [6, 6.07) is 12.1. The van der Waals surface area contributed by atoms with Gasteiger partial charge in [-0.3, -0.25) is 13.9 Å². The Morgan fingerprint density at radius 2 is 1.98 bits per heavy atom. The van der Waals surface area contributed by atoms with Gasteiger partial charge in [0.1, 0.15) is 23.8 Å². The smallest absolute Gasteiger partial charge is 0.459 e. The number of hydrogen-bond donors (Lipinski definition) is 2. The quantitative estimate of drug-likeness (QED) is 0.112. The number of rotatable bonds is 13. The molecular formula is C30H39N6O7P. The van der Waals surface area contributed by atoms with Gasteiger partial charge in [0.15, 0.2) is 11.2 Å². The van der Waals surface area contributed by atoms with Crippen LogP contribution in [0.2, 0.25) is 0 Å². The summed E-state index contributed by atoms with van der Waals surface area (Å²) in [6.07, 6.45) is 1.29. The van der Waals surface area contributed by atoms with E-state index in [1.807, 2.05) is 55.7 Å². The molecule has 0 aliphatic carbocycles. The number of aryl methyl sites for hydroxylation is 1. The number of anilines is 1. The predicted molar refractivity (Wildman–Crippen MR) is 165 cm³/mol. The monoisotopic (exact) mass is 626 g/mol. The van der Waals surface area contributed by atoms with Gasteiger partial charge >= 0.3 is 13.7 Å². The highest BCUT2D eigenvalue weighted by Gasteiger charge is 2.39. The third kappa shape index (κ3) is 6.81. The molecule has 0 spiro atoms. The van der Waals surface area contributed by atoms with Gasteiger partial charge in [-0.25, -0.2) is 9.55 Å². The van der Waals surface area contributed by atoms with E-state index in [1.54, 1.807) is 19.1 Å². The molecule has 0 radical (unpaired) electrons. The van der Waals surface area contributed by atoms with Gasteiger partial charge in [0.25, 0.3) is 0 Å². The molecule has 236 valence electrons. The van der Waals surface area contributed by atoms with Crippen molar-refractivity contribution in [1.82, 2.24) is 24.6 Å². The summed E-state index contributed by atoms with van der Waals surface area (Å²) in [5.74, 6) is 0.810. The van der Waals surface area contributed by atoms with Gasteiger partial charge in [0.2, 0.25) is 11.8 Å². The van der Waals surface area contributed by atoms with E-state index in [-0.39, 0.29) is 31.0 Å². The summed E-state index contributed by atoms with van der Waals surface area (Å²) >= 11 is 0. The highest BCUT2D eigenvalue weighted by molar-refractivity contribution is 7.52. The third-order valence-corrected chi connectivity index (χ3v) is 9.08. The van der Waals surface area contributed by atoms with Gasteiger partial charge in [-0.15, -0.1) is 0 Å². The summed E-state index contributed by atoms with van der Waals surface area (Å²) in [6.45, 7) is 7.65. The minimum Gasteiger partial charge on any atom is -0.479 e. The SMILES string of the molecule is CCCCOC(=O)C(C)NP(=O)(OCC1CC(C)C(n2c(C)nc3c(OC)nc(N)nc32)O1)Oc1cccc2ccccc12. The number of methoxy groups -OCH3 is 1. The first-order valence-electron chi connectivity index (χ1n) is 14.7. The van der Waals surface area contributed by atoms with Crippen molar-refractivity contribution in [3.8, 4) is 11.6 Å². The zero-order valence-electron chi connectivity index (χ0n) is 25.6. The molecular weight excluding hydrogens is 587 g/mol. The maximum atomic E-state index is 14.3. The van der Waals surface area contributed by atoms with E-state index in [2.05, 4.69) is 20.0 Å². The molecule has 13 nitrogen and oxygen atoms in total. The van der Waals surface area contributed by atoms with Crippen molar-refractivity contribution in [2.24, 2.45) is 5.92 Å². The number of aromatic nitrogens is 4. The highest BCUT2D eigenvalue weighted by atomic mass is 31.2. The first-order valence-corrected chi connectivity index (χ1v) is 16.2. The Balaban J connectivity index is 1.36. The molecule has 0 bridgehead atoms. The van der Waals surface area contributed by atoms with Gasteiger partial charge in [0.05, 0.1) is 26.4 Å². The molecule has 0 saturated carbocycles. The topological polar surface area (TPSA) is 162 Å². The number of unbranched alkanes of at least 4 members (excludes halogenated alkanes) is 1. The third-order valence-electron chi connectivity index (χ3n) is 7.45. The molecule has 44 heavy (non-hydrogen) atoms. The number of nitrogen functional groups attached to an aromatic ring is 1. The Morgan fingerprint density at radius 3 is 2.75 bits per heavy atom. The molecule has 1 saturated heterocycles. The van der Waals surface area contributed by atoms with Gasteiger partial charge in [0, 0.05) is 11.3 Å². The number of esters is 1. The van der Waals surface area contributed by atoms with E-state index in [0.29, 0.717) is 29.2 Å². The number of ether oxygens (including phenoxy) is 3. The van der Waals surface area contributed by atoms with E-state index in [4.69, 9.17) is 29.0 Å². The van der Waals surface area contributed by atoms with Gasteiger partial charge in [-0.2, -0.15) is 15.1 Å². The summed E-state index contributed by atoms with van der Waals surface area (Å²) in [5, 5.41) is 4.44. The molecule has 1 fully saturated rings. The van der Waals surface area contributed by atoms with Crippen LogP contribution in [0.3, 0.4) is 0 Å². The summed E-state index contributed by atoms with van der Waals surface area (Å²) < 4.78 is 45.3. The number of nitrogens with one attached hydrogen (secondary N) is 1. The number of imidazole rings is 1. The van der Waals surface area contributed by atoms with E-state index >= 15 is 0 Å². The first-order chi connectivity index (χ1) is 21.1. The fraction of sp³-hybridized carbons (Fsp3) is 0.467. The van der Waals surface area contributed by atoms with Crippen LogP contribution in [-0.2, 0) is 23.4 Å². The Morgan fingerprint density at radius 1 is 1.20 bits per heavy atom. The van der Waals surface area contributed by atoms with Crippen LogP contribution in [0.5, 0.6) is 11.6 Å². The van der Waals surface area contributed by atoms with Crippen LogP contribution in [0, 0.1) is 12.8 Å². The number of carbonyl (C=O) groups is 1. The van der Waals surface area contributed by atoms with E-state index in [0.717, 1.165) is 23.6 Å². The minimum atomic E-state index is -4.12. The van der Waals surface area contributed by atoms with Crippen molar-refractivity contribution in [1.29, 1.82) is 0 Å². The average molecular weight is 627 g/mol. The van der Waals surface area contributed by atoms with Crippen LogP contribution >= 0.6 is 7.75 Å². The second-order valence-electron chi connectivity index (χ2n) is 10.9. The number of nitrogens with two attached hydrogens (primary N) is 1. The lowest BCUT2D eigenvalue weighted by atomic mass is 10.1. The van der Waals surface area contributed by atoms with Crippen molar-refractivity contribution in [3.63, 3.8) is 0 Å². The van der Waals surface area contributed by atoms with Crippen LogP contribution in [0.4, 0.5) is 5.95 Å². The Kier molecular flexibility index (Phi) is 9.69. The average Bonchev–Trinajstić information content (AvgIpc) is 3.53. The van der Waals surface area contributed by atoms with Crippen molar-refractivity contribution in [2.75, 3.05) is 26.1 Å². The van der Waals surface area contributed by atoms with Crippen molar-refractivity contribution in [2.45, 2.75) is 65.3 Å². The molecule has 2 aromatic heterocycles. The normalized spacial score (nSPS) is 20.4. The van der Waals surface area contributed by atoms with E-state index in [9.17, 15) is 9.36 Å². The predicted octanol–water partition coefficient (Wildman–Crippen LogP) is 5.33. The number of nitrogens with zero attached hydrogens (tertiary/aromatic N) is 4. The molecule has 5 rings (SSSR count). The van der Waals surface area contributed by atoms with Crippen LogP contribution in [-0.4, -0.2) is 58.0 Å². The second kappa shape index (κ2) is 13.5. The largest absolute Gasteiger partial charge is 0.479 e. The molecule has 0 amide bonds. The minimum absolute atomic E-state index is 0.0145. The van der Waals surface area contributed by atoms with Crippen molar-refractivity contribution in [3.05, 3.63) is 48.3 Å². The summed E-state index contributed by atoms with van der Waals surface area (Å²) in [5.41, 5.74) is 6.91. The lowest BCUT2D eigenvalue weighted by Crippen LogP contribution is -2.36. The standard InChI is InChI=1S/C30H39N6O7P/c1-6-7-15-40-29(37)19(3)35-44(38,43-24-14-10-12-21-11-8-9-13-23(21)24)41-17-22-16-18(2)28(42-22)36-20(4)32-25-26(36)33-30(31)34-27(25)39-5/h8-14,18-19,22,28H,6-7,15-17H2,1-5H3,(H,35,38)(H2,31,33,34). The fourth-order valence-electron chi connectivity index (χ4n) is 5.27. The van der Waals surface area contributed by atoms with Crippen LogP contribution in [0.15, 0.2) is 42.5 Å². The number of carbonyl (C=O) groups excluding carboxylic acids is 1. The van der Waals surface area contributed by atoms with Crippen LogP contribution < -0.4 is 20.1 Å².